The van der Waals surface area contributed by atoms with Crippen molar-refractivity contribution in [2.75, 3.05) is 17.2 Å². The molecule has 0 saturated carbocycles. The van der Waals surface area contributed by atoms with Gasteiger partial charge >= 0.3 is 0 Å². The van der Waals surface area contributed by atoms with E-state index in [1.54, 1.807) is 18.2 Å². The molecule has 0 aliphatic heterocycles. The first-order valence-corrected chi connectivity index (χ1v) is 7.47. The first-order valence-electron chi connectivity index (χ1n) is 6.72. The zero-order valence-corrected chi connectivity index (χ0v) is 13.4. The van der Waals surface area contributed by atoms with Crippen LogP contribution in [0.4, 0.5) is 11.4 Å². The van der Waals surface area contributed by atoms with E-state index in [0.717, 1.165) is 11.3 Å². The lowest BCUT2D eigenvalue weighted by molar-refractivity contribution is -0.118. The van der Waals surface area contributed by atoms with Gasteiger partial charge in [0, 0.05) is 17.4 Å². The van der Waals surface area contributed by atoms with Gasteiger partial charge in [0.05, 0.1) is 10.0 Å². The molecule has 0 fully saturated rings. The quantitative estimate of drug-likeness (QED) is 0.769. The molecule has 0 heterocycles. The lowest BCUT2D eigenvalue weighted by Gasteiger charge is -2.17. The van der Waals surface area contributed by atoms with Crippen molar-refractivity contribution in [1.29, 1.82) is 0 Å². The molecule has 2 aromatic rings. The minimum atomic E-state index is -0.544. The predicted molar refractivity (Wildman–Crippen MR) is 90.7 cm³/mol. The summed E-state index contributed by atoms with van der Waals surface area (Å²) >= 11 is 11.9. The smallest absolute Gasteiger partial charge is 0.250 e. The Hall–Kier alpha value is -1.75. The van der Waals surface area contributed by atoms with Gasteiger partial charge in [-0.25, -0.2) is 0 Å². The van der Waals surface area contributed by atoms with Crippen molar-refractivity contribution < 1.29 is 9.90 Å². The van der Waals surface area contributed by atoms with Gasteiger partial charge in [0.15, 0.2) is 0 Å². The fourth-order valence-electron chi connectivity index (χ4n) is 2.00. The minimum absolute atomic E-state index is 0.0126. The molecule has 0 bridgehead atoms. The van der Waals surface area contributed by atoms with Crippen LogP contribution in [0.5, 0.6) is 0 Å². The summed E-state index contributed by atoms with van der Waals surface area (Å²) < 4.78 is 0. The van der Waals surface area contributed by atoms with Gasteiger partial charge in [-0.15, -0.1) is 0 Å². The van der Waals surface area contributed by atoms with Crippen molar-refractivity contribution in [3.63, 3.8) is 0 Å². The van der Waals surface area contributed by atoms with Crippen LogP contribution in [0.2, 0.25) is 10.0 Å². The summed E-state index contributed by atoms with van der Waals surface area (Å²) in [5, 5.41) is 15.7. The minimum Gasteiger partial charge on any atom is -0.387 e. The van der Waals surface area contributed by atoms with Crippen LogP contribution in [0.3, 0.4) is 0 Å². The maximum Gasteiger partial charge on any atom is 0.250 e. The second-order valence-corrected chi connectivity index (χ2v) is 5.64. The van der Waals surface area contributed by atoms with Crippen LogP contribution >= 0.6 is 23.2 Å². The van der Waals surface area contributed by atoms with Crippen LogP contribution in [-0.4, -0.2) is 17.6 Å². The largest absolute Gasteiger partial charge is 0.387 e. The molecule has 6 heteroatoms. The molecule has 0 saturated heterocycles. The second kappa shape index (κ2) is 7.49. The average molecular weight is 339 g/mol. The lowest BCUT2D eigenvalue weighted by atomic mass is 10.1. The first kappa shape index (κ1) is 16.6. The Labute approximate surface area is 139 Å². The Balaban J connectivity index is 2.10. The maximum atomic E-state index is 11.2. The number of nitrogens with one attached hydrogen (secondary N) is 2. The highest BCUT2D eigenvalue weighted by Crippen LogP contribution is 2.27. The van der Waals surface area contributed by atoms with Gasteiger partial charge in [-0.1, -0.05) is 35.3 Å². The van der Waals surface area contributed by atoms with Gasteiger partial charge in [0.2, 0.25) is 5.91 Å². The van der Waals surface area contributed by atoms with Gasteiger partial charge in [-0.3, -0.25) is 4.79 Å². The third kappa shape index (κ3) is 4.37. The Kier molecular flexibility index (Phi) is 5.66. The van der Waals surface area contributed by atoms with Crippen LogP contribution < -0.4 is 10.6 Å². The third-order valence-corrected chi connectivity index (χ3v) is 3.86. The highest BCUT2D eigenvalue weighted by Gasteiger charge is 2.08. The number of aliphatic hydroxyl groups is 1. The number of anilines is 2. The number of amides is 1. The van der Waals surface area contributed by atoms with E-state index >= 15 is 0 Å². The maximum absolute atomic E-state index is 11.2. The summed E-state index contributed by atoms with van der Waals surface area (Å²) in [6, 6.07) is 12.7. The molecule has 0 aromatic heterocycles. The molecule has 0 aliphatic carbocycles. The SMILES string of the molecule is CC(Nc1cccc(NC(=O)CO)c1)c1ccc(Cl)c(Cl)c1. The monoisotopic (exact) mass is 338 g/mol. The summed E-state index contributed by atoms with van der Waals surface area (Å²) in [5.41, 5.74) is 2.46. The highest BCUT2D eigenvalue weighted by molar-refractivity contribution is 6.42. The molecule has 1 unspecified atom stereocenters. The molecule has 2 rings (SSSR count). The van der Waals surface area contributed by atoms with E-state index in [9.17, 15) is 4.79 Å². The van der Waals surface area contributed by atoms with Crippen molar-refractivity contribution in [3.8, 4) is 0 Å². The molecule has 0 aliphatic rings. The van der Waals surface area contributed by atoms with Crippen molar-refractivity contribution in [3.05, 3.63) is 58.1 Å². The summed E-state index contributed by atoms with van der Waals surface area (Å²) in [7, 11) is 0. The fraction of sp³-hybridized carbons (Fsp3) is 0.188. The number of aliphatic hydroxyl groups excluding tert-OH is 1. The van der Waals surface area contributed by atoms with E-state index in [0.29, 0.717) is 15.7 Å². The van der Waals surface area contributed by atoms with Crippen molar-refractivity contribution in [2.24, 2.45) is 0 Å². The first-order chi connectivity index (χ1) is 10.5. The van der Waals surface area contributed by atoms with Gasteiger partial charge in [-0.2, -0.15) is 0 Å². The molecule has 3 N–H and O–H groups in total. The Morgan fingerprint density at radius 2 is 1.86 bits per heavy atom. The number of carbonyl (C=O) groups is 1. The fourth-order valence-corrected chi connectivity index (χ4v) is 2.31. The molecular weight excluding hydrogens is 323 g/mol. The highest BCUT2D eigenvalue weighted by atomic mass is 35.5. The molecular formula is C16H16Cl2N2O2. The number of hydrogen-bond donors (Lipinski definition) is 3. The van der Waals surface area contributed by atoms with E-state index in [1.165, 1.54) is 0 Å². The van der Waals surface area contributed by atoms with Crippen molar-refractivity contribution >= 4 is 40.5 Å². The summed E-state index contributed by atoms with van der Waals surface area (Å²) in [4.78, 5) is 11.2. The second-order valence-electron chi connectivity index (χ2n) is 4.83. The van der Waals surface area contributed by atoms with E-state index in [4.69, 9.17) is 28.3 Å². The summed E-state index contributed by atoms with van der Waals surface area (Å²) in [5.74, 6) is -0.449. The third-order valence-electron chi connectivity index (χ3n) is 3.12. The zero-order chi connectivity index (χ0) is 16.1. The van der Waals surface area contributed by atoms with Crippen LogP contribution in [-0.2, 0) is 4.79 Å². The number of carbonyl (C=O) groups excluding carboxylic acids is 1. The van der Waals surface area contributed by atoms with E-state index in [1.807, 2.05) is 31.2 Å². The van der Waals surface area contributed by atoms with Crippen molar-refractivity contribution in [1.82, 2.24) is 0 Å². The van der Waals surface area contributed by atoms with E-state index in [2.05, 4.69) is 10.6 Å². The molecule has 116 valence electrons. The van der Waals surface area contributed by atoms with Crippen LogP contribution in [0.1, 0.15) is 18.5 Å². The number of rotatable bonds is 5. The molecule has 4 nitrogen and oxygen atoms in total. The Morgan fingerprint density at radius 3 is 2.55 bits per heavy atom. The van der Waals surface area contributed by atoms with Gasteiger partial charge in [0.1, 0.15) is 6.61 Å². The summed E-state index contributed by atoms with van der Waals surface area (Å²) in [6.45, 7) is 1.45. The number of halogens is 2. The zero-order valence-electron chi connectivity index (χ0n) is 11.9. The Bertz CT molecular complexity index is 677. The van der Waals surface area contributed by atoms with E-state index in [-0.39, 0.29) is 6.04 Å². The molecule has 0 radical (unpaired) electrons. The lowest BCUT2D eigenvalue weighted by Crippen LogP contribution is -2.15. The van der Waals surface area contributed by atoms with Crippen LogP contribution in [0.25, 0.3) is 0 Å². The molecule has 1 atom stereocenters. The van der Waals surface area contributed by atoms with Gasteiger partial charge in [0.25, 0.3) is 0 Å². The average Bonchev–Trinajstić information content (AvgIpc) is 2.50. The predicted octanol–water partition coefficient (Wildman–Crippen LogP) is 4.10. The Morgan fingerprint density at radius 1 is 1.14 bits per heavy atom. The van der Waals surface area contributed by atoms with Gasteiger partial charge < -0.3 is 15.7 Å². The van der Waals surface area contributed by atoms with E-state index < -0.39 is 12.5 Å². The molecule has 0 spiro atoms. The number of benzene rings is 2. The topological polar surface area (TPSA) is 61.4 Å². The molecule has 22 heavy (non-hydrogen) atoms. The molecule has 1 amide bonds. The van der Waals surface area contributed by atoms with Gasteiger partial charge in [-0.05, 0) is 42.8 Å². The molecule has 2 aromatic carbocycles. The normalized spacial score (nSPS) is 11.8. The summed E-state index contributed by atoms with van der Waals surface area (Å²) in [6.07, 6.45) is 0. The van der Waals surface area contributed by atoms with Crippen LogP contribution in [0.15, 0.2) is 42.5 Å². The van der Waals surface area contributed by atoms with Crippen molar-refractivity contribution in [2.45, 2.75) is 13.0 Å². The van der Waals surface area contributed by atoms with Crippen LogP contribution in [0, 0.1) is 0 Å². The standard InChI is InChI=1S/C16H16Cl2N2O2/c1-10(11-5-6-14(17)15(18)7-11)19-12-3-2-4-13(8-12)20-16(22)9-21/h2-8,10,19,21H,9H2,1H3,(H,20,22). The number of hydrogen-bond acceptors (Lipinski definition) is 3.